The van der Waals surface area contributed by atoms with Crippen LogP contribution >= 0.6 is 0 Å². The first-order chi connectivity index (χ1) is 14.6. The summed E-state index contributed by atoms with van der Waals surface area (Å²) < 4.78 is 5.13. The predicted molar refractivity (Wildman–Crippen MR) is 117 cm³/mol. The van der Waals surface area contributed by atoms with Gasteiger partial charge in [0.05, 0.1) is 17.8 Å². The van der Waals surface area contributed by atoms with Crippen molar-refractivity contribution in [2.24, 2.45) is 0 Å². The summed E-state index contributed by atoms with van der Waals surface area (Å²) in [6.45, 7) is 6.48. The fourth-order valence-electron chi connectivity index (χ4n) is 3.56. The molecule has 1 heterocycles. The number of anilines is 2. The van der Waals surface area contributed by atoms with Gasteiger partial charge in [-0.2, -0.15) is 0 Å². The van der Waals surface area contributed by atoms with Gasteiger partial charge < -0.3 is 10.1 Å². The molecule has 0 aromatic heterocycles. The van der Waals surface area contributed by atoms with Crippen LogP contribution in [0.2, 0.25) is 0 Å². The van der Waals surface area contributed by atoms with Crippen LogP contribution in [-0.4, -0.2) is 35.7 Å². The SMILES string of the molecule is Cc1ccc(C)c(C(=O)CCC(=O)OCC(=O)N2c3ccccc3NC(=O)C2(C)C)c1. The van der Waals surface area contributed by atoms with Gasteiger partial charge in [0.15, 0.2) is 12.4 Å². The molecule has 0 fully saturated rings. The van der Waals surface area contributed by atoms with Crippen LogP contribution in [0.4, 0.5) is 11.4 Å². The monoisotopic (exact) mass is 422 g/mol. The zero-order valence-corrected chi connectivity index (χ0v) is 18.2. The van der Waals surface area contributed by atoms with Crippen LogP contribution in [0, 0.1) is 13.8 Å². The number of hydrogen-bond acceptors (Lipinski definition) is 5. The van der Waals surface area contributed by atoms with Crippen LogP contribution in [0.15, 0.2) is 42.5 Å². The van der Waals surface area contributed by atoms with Gasteiger partial charge in [0.25, 0.3) is 5.91 Å². The summed E-state index contributed by atoms with van der Waals surface area (Å²) in [6.07, 6.45) is -0.127. The van der Waals surface area contributed by atoms with Crippen LogP contribution < -0.4 is 10.2 Å². The minimum atomic E-state index is -1.14. The lowest BCUT2D eigenvalue weighted by Crippen LogP contribution is -2.59. The molecule has 2 amide bonds. The normalized spacial score (nSPS) is 14.5. The summed E-state index contributed by atoms with van der Waals surface area (Å²) in [5.41, 5.74) is 2.32. The highest BCUT2D eigenvalue weighted by molar-refractivity contribution is 6.14. The van der Waals surface area contributed by atoms with E-state index >= 15 is 0 Å². The van der Waals surface area contributed by atoms with Crippen molar-refractivity contribution in [3.63, 3.8) is 0 Å². The first kappa shape index (κ1) is 22.2. The van der Waals surface area contributed by atoms with Gasteiger partial charge in [-0.1, -0.05) is 29.8 Å². The van der Waals surface area contributed by atoms with Gasteiger partial charge in [-0.05, 0) is 51.5 Å². The molecule has 1 aliphatic heterocycles. The molecule has 0 bridgehead atoms. The molecule has 3 rings (SSSR count). The van der Waals surface area contributed by atoms with Gasteiger partial charge in [-0.3, -0.25) is 24.1 Å². The Balaban J connectivity index is 1.61. The molecule has 0 saturated heterocycles. The maximum Gasteiger partial charge on any atom is 0.306 e. The van der Waals surface area contributed by atoms with Crippen LogP contribution in [0.5, 0.6) is 0 Å². The minimum Gasteiger partial charge on any atom is -0.456 e. The van der Waals surface area contributed by atoms with Crippen LogP contribution in [-0.2, 0) is 19.1 Å². The second-order valence-electron chi connectivity index (χ2n) is 8.16. The topological polar surface area (TPSA) is 92.8 Å². The maximum absolute atomic E-state index is 12.9. The van der Waals surface area contributed by atoms with Crippen molar-refractivity contribution in [3.8, 4) is 0 Å². The van der Waals surface area contributed by atoms with Crippen LogP contribution in [0.1, 0.15) is 48.2 Å². The van der Waals surface area contributed by atoms with Gasteiger partial charge >= 0.3 is 5.97 Å². The molecule has 7 heteroatoms. The molecular formula is C24H26N2O5. The molecule has 1 aliphatic rings. The molecule has 1 N–H and O–H groups in total. The van der Waals surface area contributed by atoms with E-state index in [2.05, 4.69) is 5.32 Å². The fourth-order valence-corrected chi connectivity index (χ4v) is 3.56. The third-order valence-corrected chi connectivity index (χ3v) is 5.36. The summed E-state index contributed by atoms with van der Waals surface area (Å²) in [5, 5.41) is 2.78. The number of para-hydroxylation sites is 2. The Hall–Kier alpha value is -3.48. The number of fused-ring (bicyclic) bond motifs is 1. The first-order valence-electron chi connectivity index (χ1n) is 10.1. The quantitative estimate of drug-likeness (QED) is 0.567. The molecule has 162 valence electrons. The lowest BCUT2D eigenvalue weighted by Gasteiger charge is -2.41. The second kappa shape index (κ2) is 8.71. The summed E-state index contributed by atoms with van der Waals surface area (Å²) in [6, 6.07) is 12.5. The van der Waals surface area contributed by atoms with E-state index in [-0.39, 0.29) is 24.5 Å². The lowest BCUT2D eigenvalue weighted by molar-refractivity contribution is -0.148. The number of aryl methyl sites for hydroxylation is 2. The molecule has 0 unspecified atom stereocenters. The zero-order chi connectivity index (χ0) is 22.8. The van der Waals surface area contributed by atoms with E-state index in [0.717, 1.165) is 11.1 Å². The molecule has 2 aromatic rings. The largest absolute Gasteiger partial charge is 0.456 e. The van der Waals surface area contributed by atoms with Gasteiger partial charge in [0, 0.05) is 12.0 Å². The van der Waals surface area contributed by atoms with Gasteiger partial charge in [-0.25, -0.2) is 0 Å². The van der Waals surface area contributed by atoms with Crippen molar-refractivity contribution < 1.29 is 23.9 Å². The predicted octanol–water partition coefficient (Wildman–Crippen LogP) is 3.57. The average molecular weight is 422 g/mol. The lowest BCUT2D eigenvalue weighted by atomic mass is 9.96. The molecule has 2 aromatic carbocycles. The van der Waals surface area contributed by atoms with E-state index in [1.807, 2.05) is 26.0 Å². The molecule has 0 radical (unpaired) electrons. The Morgan fingerprint density at radius 1 is 1.03 bits per heavy atom. The van der Waals surface area contributed by atoms with Crippen molar-refractivity contribution in [1.82, 2.24) is 0 Å². The molecule has 0 saturated carbocycles. The Bertz CT molecular complexity index is 1060. The second-order valence-corrected chi connectivity index (χ2v) is 8.16. The number of ketones is 1. The van der Waals surface area contributed by atoms with Crippen molar-refractivity contribution in [1.29, 1.82) is 0 Å². The smallest absolute Gasteiger partial charge is 0.306 e. The van der Waals surface area contributed by atoms with Crippen molar-refractivity contribution in [3.05, 3.63) is 59.2 Å². The number of carbonyl (C=O) groups excluding carboxylic acids is 4. The third-order valence-electron chi connectivity index (χ3n) is 5.36. The van der Waals surface area contributed by atoms with Crippen molar-refractivity contribution >= 4 is 34.9 Å². The number of Topliss-reactive ketones (excluding diaryl/α,β-unsaturated/α-hetero) is 1. The number of rotatable bonds is 6. The highest BCUT2D eigenvalue weighted by Gasteiger charge is 2.43. The van der Waals surface area contributed by atoms with Crippen LogP contribution in [0.3, 0.4) is 0 Å². The third kappa shape index (κ3) is 4.66. The number of amides is 2. The number of nitrogens with zero attached hydrogens (tertiary/aromatic N) is 1. The molecule has 0 aliphatic carbocycles. The number of esters is 1. The number of carbonyl (C=O) groups is 4. The Morgan fingerprint density at radius 2 is 1.74 bits per heavy atom. The van der Waals surface area contributed by atoms with Gasteiger partial charge in [0.1, 0.15) is 5.54 Å². The molecule has 31 heavy (non-hydrogen) atoms. The Kier molecular flexibility index (Phi) is 6.24. The Labute approximate surface area is 181 Å². The molecule has 0 atom stereocenters. The number of ether oxygens (including phenoxy) is 1. The summed E-state index contributed by atoms with van der Waals surface area (Å²) >= 11 is 0. The molecule has 7 nitrogen and oxygen atoms in total. The van der Waals surface area contributed by atoms with Gasteiger partial charge in [-0.15, -0.1) is 0 Å². The van der Waals surface area contributed by atoms with E-state index in [1.165, 1.54) is 4.90 Å². The van der Waals surface area contributed by atoms with Crippen molar-refractivity contribution in [2.45, 2.75) is 46.1 Å². The van der Waals surface area contributed by atoms with Gasteiger partial charge in [0.2, 0.25) is 5.91 Å². The molecule has 0 spiro atoms. The maximum atomic E-state index is 12.9. The summed E-state index contributed by atoms with van der Waals surface area (Å²) in [7, 11) is 0. The highest BCUT2D eigenvalue weighted by atomic mass is 16.5. The Morgan fingerprint density at radius 3 is 2.48 bits per heavy atom. The number of benzene rings is 2. The van der Waals surface area contributed by atoms with E-state index in [4.69, 9.17) is 4.74 Å². The standard InChI is InChI=1S/C24H26N2O5/c1-15-9-10-16(2)17(13-15)20(27)11-12-22(29)31-14-21(28)26-19-8-6-5-7-18(19)25-23(30)24(26,3)4/h5-10,13H,11-12,14H2,1-4H3,(H,25,30). The number of nitrogens with one attached hydrogen (secondary N) is 1. The first-order valence-corrected chi connectivity index (χ1v) is 10.1. The minimum absolute atomic E-state index is 0.00222. The van der Waals surface area contributed by atoms with E-state index in [9.17, 15) is 19.2 Å². The van der Waals surface area contributed by atoms with E-state index in [0.29, 0.717) is 16.9 Å². The molecular weight excluding hydrogens is 396 g/mol. The highest BCUT2D eigenvalue weighted by Crippen LogP contribution is 2.36. The van der Waals surface area contributed by atoms with Crippen LogP contribution in [0.25, 0.3) is 0 Å². The fraction of sp³-hybridized carbons (Fsp3) is 0.333. The zero-order valence-electron chi connectivity index (χ0n) is 18.2. The summed E-state index contributed by atoms with van der Waals surface area (Å²) in [5.74, 6) is -1.63. The average Bonchev–Trinajstić information content (AvgIpc) is 2.72. The van der Waals surface area contributed by atoms with Crippen molar-refractivity contribution in [2.75, 3.05) is 16.8 Å². The number of hydrogen-bond donors (Lipinski definition) is 1. The van der Waals surface area contributed by atoms with E-state index in [1.54, 1.807) is 44.2 Å². The van der Waals surface area contributed by atoms with E-state index < -0.39 is 24.0 Å². The summed E-state index contributed by atoms with van der Waals surface area (Å²) in [4.78, 5) is 51.3.